The SMILES string of the molecule is N/C(=N/O)c1ccc(CNCCOC2CCCC2)c(Cl)c1. The summed E-state index contributed by atoms with van der Waals surface area (Å²) in [5, 5.41) is 15.5. The summed E-state index contributed by atoms with van der Waals surface area (Å²) in [5.41, 5.74) is 7.11. The maximum absolute atomic E-state index is 8.63. The van der Waals surface area contributed by atoms with Gasteiger partial charge in [0.15, 0.2) is 5.84 Å². The molecule has 0 unspecified atom stereocenters. The van der Waals surface area contributed by atoms with Crippen molar-refractivity contribution in [2.24, 2.45) is 10.9 Å². The third-order valence-corrected chi connectivity index (χ3v) is 4.06. The van der Waals surface area contributed by atoms with Crippen LogP contribution < -0.4 is 11.1 Å². The van der Waals surface area contributed by atoms with E-state index >= 15 is 0 Å². The average Bonchev–Trinajstić information content (AvgIpc) is 3.00. The van der Waals surface area contributed by atoms with Gasteiger partial charge in [0, 0.05) is 23.7 Å². The summed E-state index contributed by atoms with van der Waals surface area (Å²) in [4.78, 5) is 0. The predicted molar refractivity (Wildman–Crippen MR) is 83.9 cm³/mol. The molecule has 1 aromatic carbocycles. The van der Waals surface area contributed by atoms with Crippen LogP contribution in [0.1, 0.15) is 36.8 Å². The smallest absolute Gasteiger partial charge is 0.170 e. The average molecular weight is 312 g/mol. The molecule has 1 aliphatic carbocycles. The molecular formula is C15H22ClN3O2. The molecule has 6 heteroatoms. The van der Waals surface area contributed by atoms with E-state index in [9.17, 15) is 0 Å². The van der Waals surface area contributed by atoms with Crippen LogP contribution >= 0.6 is 11.6 Å². The third kappa shape index (κ3) is 4.88. The summed E-state index contributed by atoms with van der Waals surface area (Å²) >= 11 is 6.18. The zero-order chi connectivity index (χ0) is 15.1. The van der Waals surface area contributed by atoms with Gasteiger partial charge in [-0.3, -0.25) is 0 Å². The summed E-state index contributed by atoms with van der Waals surface area (Å²) in [6.45, 7) is 2.20. The molecule has 2 rings (SSSR count). The maximum atomic E-state index is 8.63. The van der Waals surface area contributed by atoms with E-state index in [-0.39, 0.29) is 5.84 Å². The highest BCUT2D eigenvalue weighted by Gasteiger charge is 2.14. The molecule has 0 amide bonds. The van der Waals surface area contributed by atoms with Crippen LogP contribution in [-0.2, 0) is 11.3 Å². The highest BCUT2D eigenvalue weighted by Crippen LogP contribution is 2.20. The number of nitrogens with zero attached hydrogens (tertiary/aromatic N) is 1. The molecule has 5 nitrogen and oxygen atoms in total. The van der Waals surface area contributed by atoms with Gasteiger partial charge in [0.1, 0.15) is 0 Å². The van der Waals surface area contributed by atoms with Crippen molar-refractivity contribution in [2.45, 2.75) is 38.3 Å². The molecule has 1 fully saturated rings. The molecule has 0 radical (unpaired) electrons. The molecule has 0 bridgehead atoms. The number of hydrogen-bond acceptors (Lipinski definition) is 4. The van der Waals surface area contributed by atoms with Gasteiger partial charge in [-0.05, 0) is 24.5 Å². The highest BCUT2D eigenvalue weighted by atomic mass is 35.5. The van der Waals surface area contributed by atoms with E-state index in [2.05, 4.69) is 10.5 Å². The van der Waals surface area contributed by atoms with Gasteiger partial charge in [0.25, 0.3) is 0 Å². The normalized spacial score (nSPS) is 16.5. The van der Waals surface area contributed by atoms with Gasteiger partial charge in [0.05, 0.1) is 12.7 Å². The Bertz CT molecular complexity index is 488. The Morgan fingerprint density at radius 2 is 2.19 bits per heavy atom. The summed E-state index contributed by atoms with van der Waals surface area (Å²) in [5.74, 6) is 0.0568. The minimum Gasteiger partial charge on any atom is -0.409 e. The number of amidine groups is 1. The number of nitrogens with two attached hydrogens (primary N) is 1. The van der Waals surface area contributed by atoms with Crippen LogP contribution in [0.25, 0.3) is 0 Å². The molecule has 4 N–H and O–H groups in total. The molecule has 1 aromatic rings. The van der Waals surface area contributed by atoms with Gasteiger partial charge < -0.3 is 21.0 Å². The van der Waals surface area contributed by atoms with E-state index in [1.165, 1.54) is 25.7 Å². The van der Waals surface area contributed by atoms with Crippen molar-refractivity contribution in [3.63, 3.8) is 0 Å². The minimum atomic E-state index is 0.0568. The van der Waals surface area contributed by atoms with Crippen LogP contribution in [-0.4, -0.2) is 30.3 Å². The largest absolute Gasteiger partial charge is 0.409 e. The van der Waals surface area contributed by atoms with E-state index in [1.807, 2.05) is 6.07 Å². The molecule has 116 valence electrons. The van der Waals surface area contributed by atoms with Gasteiger partial charge in [-0.25, -0.2) is 0 Å². The Labute approximate surface area is 130 Å². The lowest BCUT2D eigenvalue weighted by molar-refractivity contribution is 0.0603. The second-order valence-corrected chi connectivity index (χ2v) is 5.65. The first-order valence-electron chi connectivity index (χ1n) is 7.29. The second-order valence-electron chi connectivity index (χ2n) is 5.25. The van der Waals surface area contributed by atoms with Crippen LogP contribution in [0, 0.1) is 0 Å². The number of rotatable bonds is 7. The lowest BCUT2D eigenvalue weighted by Gasteiger charge is -2.12. The molecule has 0 atom stereocenters. The Kier molecular flexibility index (Phi) is 6.29. The van der Waals surface area contributed by atoms with Crippen molar-refractivity contribution in [3.05, 3.63) is 34.3 Å². The molecule has 0 saturated heterocycles. The van der Waals surface area contributed by atoms with Crippen LogP contribution in [0.2, 0.25) is 5.02 Å². The minimum absolute atomic E-state index is 0.0568. The van der Waals surface area contributed by atoms with Crippen molar-refractivity contribution in [3.8, 4) is 0 Å². The van der Waals surface area contributed by atoms with Crippen molar-refractivity contribution in [1.29, 1.82) is 0 Å². The van der Waals surface area contributed by atoms with Gasteiger partial charge in [0.2, 0.25) is 0 Å². The number of ether oxygens (including phenoxy) is 1. The standard InChI is InChI=1S/C15H22ClN3O2/c16-14-9-11(15(17)19-20)5-6-12(14)10-18-7-8-21-13-3-1-2-4-13/h5-6,9,13,18,20H,1-4,7-8,10H2,(H2,17,19). The van der Waals surface area contributed by atoms with E-state index in [0.717, 1.165) is 18.7 Å². The number of nitrogens with one attached hydrogen (secondary N) is 1. The zero-order valence-corrected chi connectivity index (χ0v) is 12.8. The van der Waals surface area contributed by atoms with E-state index in [1.54, 1.807) is 12.1 Å². The first-order valence-corrected chi connectivity index (χ1v) is 7.67. The van der Waals surface area contributed by atoms with Crippen molar-refractivity contribution in [1.82, 2.24) is 5.32 Å². The Morgan fingerprint density at radius 3 is 2.86 bits per heavy atom. The number of benzene rings is 1. The Morgan fingerprint density at radius 1 is 1.43 bits per heavy atom. The Balaban J connectivity index is 1.72. The van der Waals surface area contributed by atoms with Crippen molar-refractivity contribution in [2.75, 3.05) is 13.2 Å². The first-order chi connectivity index (χ1) is 10.2. The summed E-state index contributed by atoms with van der Waals surface area (Å²) in [6, 6.07) is 5.36. The van der Waals surface area contributed by atoms with Gasteiger partial charge in [-0.1, -0.05) is 41.7 Å². The van der Waals surface area contributed by atoms with Gasteiger partial charge in [-0.2, -0.15) is 0 Å². The van der Waals surface area contributed by atoms with Crippen LogP contribution in [0.5, 0.6) is 0 Å². The molecule has 0 heterocycles. The quantitative estimate of drug-likeness (QED) is 0.238. The molecule has 21 heavy (non-hydrogen) atoms. The molecule has 0 spiro atoms. The van der Waals surface area contributed by atoms with Crippen LogP contribution in [0.3, 0.4) is 0 Å². The fourth-order valence-electron chi connectivity index (χ4n) is 2.48. The Hall–Kier alpha value is -1.30. The molecule has 1 aliphatic rings. The third-order valence-electron chi connectivity index (χ3n) is 3.71. The second kappa shape index (κ2) is 8.22. The van der Waals surface area contributed by atoms with Gasteiger partial charge >= 0.3 is 0 Å². The fraction of sp³-hybridized carbons (Fsp3) is 0.533. The van der Waals surface area contributed by atoms with Crippen LogP contribution in [0.15, 0.2) is 23.4 Å². The summed E-state index contributed by atoms with van der Waals surface area (Å²) < 4.78 is 5.78. The van der Waals surface area contributed by atoms with Crippen molar-refractivity contribution < 1.29 is 9.94 Å². The number of hydrogen-bond donors (Lipinski definition) is 3. The lowest BCUT2D eigenvalue weighted by atomic mass is 10.1. The molecule has 0 aromatic heterocycles. The molecule has 0 aliphatic heterocycles. The maximum Gasteiger partial charge on any atom is 0.170 e. The number of oxime groups is 1. The zero-order valence-electron chi connectivity index (χ0n) is 12.0. The fourth-order valence-corrected chi connectivity index (χ4v) is 2.73. The summed E-state index contributed by atoms with van der Waals surface area (Å²) in [6.07, 6.45) is 5.43. The van der Waals surface area contributed by atoms with E-state index in [4.69, 9.17) is 27.3 Å². The van der Waals surface area contributed by atoms with Crippen molar-refractivity contribution >= 4 is 17.4 Å². The summed E-state index contributed by atoms with van der Waals surface area (Å²) in [7, 11) is 0. The van der Waals surface area contributed by atoms with E-state index < -0.39 is 0 Å². The first kappa shape index (κ1) is 16.1. The van der Waals surface area contributed by atoms with E-state index in [0.29, 0.717) is 23.2 Å². The monoisotopic (exact) mass is 311 g/mol. The number of halogens is 1. The topological polar surface area (TPSA) is 79.9 Å². The molecular weight excluding hydrogens is 290 g/mol. The predicted octanol–water partition coefficient (Wildman–Crippen LogP) is 2.48. The van der Waals surface area contributed by atoms with Crippen LogP contribution in [0.4, 0.5) is 0 Å². The highest BCUT2D eigenvalue weighted by molar-refractivity contribution is 6.31. The lowest BCUT2D eigenvalue weighted by Crippen LogP contribution is -2.22. The molecule has 1 saturated carbocycles. The van der Waals surface area contributed by atoms with Gasteiger partial charge in [-0.15, -0.1) is 0 Å².